The van der Waals surface area contributed by atoms with E-state index in [0.29, 0.717) is 17.6 Å². The zero-order valence-electron chi connectivity index (χ0n) is 16.4. The number of carbonyl (C=O) groups is 1. The maximum absolute atomic E-state index is 11.9. The Labute approximate surface area is 157 Å². The fourth-order valence-corrected chi connectivity index (χ4v) is 4.86. The highest BCUT2D eigenvalue weighted by atomic mass is 16.1. The van der Waals surface area contributed by atoms with Gasteiger partial charge in [0.05, 0.1) is 11.3 Å². The van der Waals surface area contributed by atoms with Crippen molar-refractivity contribution in [3.63, 3.8) is 0 Å². The van der Waals surface area contributed by atoms with Crippen molar-refractivity contribution in [2.45, 2.75) is 90.5 Å². The minimum atomic E-state index is -0.417. The lowest BCUT2D eigenvalue weighted by atomic mass is 9.78. The molecule has 0 unspecified atom stereocenters. The number of hydrogen-bond acceptors (Lipinski definition) is 4. The normalized spacial score (nSPS) is 25.2. The summed E-state index contributed by atoms with van der Waals surface area (Å²) in [6.45, 7) is 4.53. The summed E-state index contributed by atoms with van der Waals surface area (Å²) in [7, 11) is 0. The molecule has 2 aliphatic carbocycles. The van der Waals surface area contributed by atoms with Gasteiger partial charge in [-0.25, -0.2) is 9.97 Å². The third-order valence-electron chi connectivity index (χ3n) is 6.85. The second-order valence-electron chi connectivity index (χ2n) is 8.43. The summed E-state index contributed by atoms with van der Waals surface area (Å²) in [5.41, 5.74) is 7.20. The molecule has 2 aliphatic rings. The number of carbonyl (C=O) groups excluding carboxylic acids is 1. The number of rotatable bonds is 7. The first-order valence-electron chi connectivity index (χ1n) is 10.5. The third kappa shape index (κ3) is 4.36. The fraction of sp³-hybridized carbons (Fsp3) is 0.762. The Hall–Kier alpha value is -1.65. The fourth-order valence-electron chi connectivity index (χ4n) is 4.86. The van der Waals surface area contributed by atoms with E-state index in [1.54, 1.807) is 6.20 Å². The first-order chi connectivity index (χ1) is 12.5. The molecule has 5 heteroatoms. The van der Waals surface area contributed by atoms with Gasteiger partial charge in [-0.05, 0) is 56.3 Å². The molecule has 0 saturated heterocycles. The van der Waals surface area contributed by atoms with E-state index in [9.17, 15) is 4.79 Å². The van der Waals surface area contributed by atoms with Crippen molar-refractivity contribution in [3.8, 4) is 0 Å². The topological polar surface area (TPSA) is 80.9 Å². The van der Waals surface area contributed by atoms with Gasteiger partial charge in [0, 0.05) is 12.2 Å². The summed E-state index contributed by atoms with van der Waals surface area (Å²) in [6.07, 6.45) is 14.8. The lowest BCUT2D eigenvalue weighted by Gasteiger charge is -2.29. The molecule has 1 heterocycles. The molecule has 3 N–H and O–H groups in total. The Bertz CT molecular complexity index is 616. The molecule has 0 bridgehead atoms. The molecule has 0 aliphatic heterocycles. The van der Waals surface area contributed by atoms with Crippen LogP contribution in [0.15, 0.2) is 6.20 Å². The quantitative estimate of drug-likeness (QED) is 0.753. The average Bonchev–Trinajstić information content (AvgIpc) is 3.11. The molecular formula is C21H34N4O. The van der Waals surface area contributed by atoms with Crippen LogP contribution < -0.4 is 11.1 Å². The number of nitrogens with one attached hydrogen (secondary N) is 1. The summed E-state index contributed by atoms with van der Waals surface area (Å²) in [4.78, 5) is 21.0. The van der Waals surface area contributed by atoms with Crippen LogP contribution in [0.3, 0.4) is 0 Å². The van der Waals surface area contributed by atoms with Gasteiger partial charge in [-0.3, -0.25) is 4.79 Å². The summed E-state index contributed by atoms with van der Waals surface area (Å²) in [5.74, 6) is 1.11. The van der Waals surface area contributed by atoms with E-state index < -0.39 is 5.91 Å². The van der Waals surface area contributed by atoms with Gasteiger partial charge >= 0.3 is 0 Å². The monoisotopic (exact) mass is 358 g/mol. The molecule has 0 aromatic carbocycles. The molecule has 2 fully saturated rings. The number of hydrogen-bond donors (Lipinski definition) is 2. The molecular weight excluding hydrogens is 324 g/mol. The first kappa shape index (κ1) is 19.1. The van der Waals surface area contributed by atoms with Crippen LogP contribution in [0, 0.1) is 11.3 Å². The second-order valence-corrected chi connectivity index (χ2v) is 8.43. The highest BCUT2D eigenvalue weighted by Crippen LogP contribution is 2.43. The van der Waals surface area contributed by atoms with E-state index in [0.717, 1.165) is 24.5 Å². The van der Waals surface area contributed by atoms with Gasteiger partial charge in [0.2, 0.25) is 5.95 Å². The lowest BCUT2D eigenvalue weighted by molar-refractivity contribution is 0.0997. The molecule has 3 rings (SSSR count). The van der Waals surface area contributed by atoms with E-state index in [1.807, 2.05) is 0 Å². The predicted octanol–water partition coefficient (Wildman–Crippen LogP) is 4.47. The van der Waals surface area contributed by atoms with Gasteiger partial charge < -0.3 is 11.1 Å². The van der Waals surface area contributed by atoms with Gasteiger partial charge in [0.15, 0.2) is 0 Å². The average molecular weight is 359 g/mol. The van der Waals surface area contributed by atoms with E-state index in [1.165, 1.54) is 57.8 Å². The third-order valence-corrected chi connectivity index (χ3v) is 6.85. The van der Waals surface area contributed by atoms with Crippen molar-refractivity contribution in [2.24, 2.45) is 17.1 Å². The van der Waals surface area contributed by atoms with Crippen molar-refractivity contribution in [1.29, 1.82) is 0 Å². The van der Waals surface area contributed by atoms with Crippen LogP contribution in [0.5, 0.6) is 0 Å². The highest BCUT2D eigenvalue weighted by molar-refractivity contribution is 5.93. The first-order valence-corrected chi connectivity index (χ1v) is 10.5. The number of primary amides is 1. The van der Waals surface area contributed by atoms with E-state index in [-0.39, 0.29) is 5.41 Å². The van der Waals surface area contributed by atoms with Crippen molar-refractivity contribution in [1.82, 2.24) is 9.97 Å². The van der Waals surface area contributed by atoms with Crippen LogP contribution >= 0.6 is 0 Å². The molecule has 1 amide bonds. The Kier molecular flexibility index (Phi) is 6.15. The number of amides is 1. The molecule has 1 aromatic rings. The Morgan fingerprint density at radius 1 is 1.23 bits per heavy atom. The second kappa shape index (κ2) is 8.36. The zero-order valence-corrected chi connectivity index (χ0v) is 16.4. The molecule has 0 spiro atoms. The van der Waals surface area contributed by atoms with Crippen molar-refractivity contribution in [3.05, 3.63) is 17.5 Å². The van der Waals surface area contributed by atoms with Gasteiger partial charge in [0.25, 0.3) is 5.91 Å². The number of nitrogens with zero attached hydrogens (tertiary/aromatic N) is 2. The summed E-state index contributed by atoms with van der Waals surface area (Å²) in [5, 5.41) is 3.51. The highest BCUT2D eigenvalue weighted by Gasteiger charge is 2.34. The van der Waals surface area contributed by atoms with Crippen LogP contribution in [-0.4, -0.2) is 21.9 Å². The molecule has 0 radical (unpaired) electrons. The van der Waals surface area contributed by atoms with E-state index in [2.05, 4.69) is 24.1 Å². The molecule has 144 valence electrons. The van der Waals surface area contributed by atoms with Crippen molar-refractivity contribution < 1.29 is 4.79 Å². The van der Waals surface area contributed by atoms with Crippen molar-refractivity contribution >= 4 is 11.9 Å². The predicted molar refractivity (Wildman–Crippen MR) is 105 cm³/mol. The van der Waals surface area contributed by atoms with Gasteiger partial charge in [-0.2, -0.15) is 0 Å². The van der Waals surface area contributed by atoms with Crippen LogP contribution in [-0.2, 0) is 6.42 Å². The maximum Gasteiger partial charge on any atom is 0.252 e. The van der Waals surface area contributed by atoms with Crippen molar-refractivity contribution in [2.75, 3.05) is 5.32 Å². The van der Waals surface area contributed by atoms with E-state index in [4.69, 9.17) is 10.7 Å². The Morgan fingerprint density at radius 2 is 1.92 bits per heavy atom. The van der Waals surface area contributed by atoms with Gasteiger partial charge in [-0.1, -0.05) is 39.5 Å². The largest absolute Gasteiger partial charge is 0.365 e. The van der Waals surface area contributed by atoms with Crippen LogP contribution in [0.2, 0.25) is 0 Å². The van der Waals surface area contributed by atoms with Gasteiger partial charge in [0.1, 0.15) is 0 Å². The number of nitrogens with two attached hydrogens (primary N) is 1. The zero-order chi connectivity index (χ0) is 18.6. The van der Waals surface area contributed by atoms with E-state index >= 15 is 0 Å². The minimum absolute atomic E-state index is 0.273. The molecule has 26 heavy (non-hydrogen) atoms. The van der Waals surface area contributed by atoms with Crippen LogP contribution in [0.1, 0.15) is 94.1 Å². The molecule has 2 saturated carbocycles. The summed E-state index contributed by atoms with van der Waals surface area (Å²) < 4.78 is 0. The summed E-state index contributed by atoms with van der Waals surface area (Å²) in [6, 6.07) is 0.441. The summed E-state index contributed by atoms with van der Waals surface area (Å²) >= 11 is 0. The SMILES string of the molecule is CCC1CCC(Nc2ncc(C(N)=O)c(CC3(CC)CCCC3)n2)CC1. The molecule has 0 atom stereocenters. The Balaban J connectivity index is 1.75. The number of aromatic nitrogens is 2. The lowest BCUT2D eigenvalue weighted by Crippen LogP contribution is -2.28. The smallest absolute Gasteiger partial charge is 0.252 e. The molecule has 5 nitrogen and oxygen atoms in total. The maximum atomic E-state index is 11.9. The standard InChI is InChI=1S/C21H34N4O/c1-3-15-7-9-16(10-8-15)24-20-23-14-17(19(22)26)18(25-20)13-21(4-2)11-5-6-12-21/h14-16H,3-13H2,1-2H3,(H2,22,26)(H,23,24,25). The Morgan fingerprint density at radius 3 is 2.50 bits per heavy atom. The van der Waals surface area contributed by atoms with Crippen LogP contribution in [0.25, 0.3) is 0 Å². The molecule has 1 aromatic heterocycles. The number of anilines is 1. The van der Waals surface area contributed by atoms with Gasteiger partial charge in [-0.15, -0.1) is 0 Å². The minimum Gasteiger partial charge on any atom is -0.365 e. The van der Waals surface area contributed by atoms with Crippen LogP contribution in [0.4, 0.5) is 5.95 Å².